The maximum atomic E-state index is 14.3. The number of H-pyrrole nitrogens is 1. The molecule has 1 amide bonds. The van der Waals surface area contributed by atoms with Gasteiger partial charge in [-0.1, -0.05) is 30.0 Å². The molecule has 3 aromatic carbocycles. The van der Waals surface area contributed by atoms with Crippen LogP contribution in [0.25, 0.3) is 11.0 Å². The number of aromatic hydroxyl groups is 1. The Morgan fingerprint density at radius 1 is 1.11 bits per heavy atom. The molecule has 4 aromatic rings. The number of imidazole rings is 1. The second-order valence-corrected chi connectivity index (χ2v) is 9.90. The number of benzene rings is 3. The predicted molar refractivity (Wildman–Crippen MR) is 139 cm³/mol. The van der Waals surface area contributed by atoms with Crippen LogP contribution in [0.15, 0.2) is 60.7 Å². The van der Waals surface area contributed by atoms with E-state index < -0.39 is 11.9 Å². The molecule has 1 aromatic heterocycles. The topological polar surface area (TPSA) is 72.5 Å². The highest BCUT2D eigenvalue weighted by molar-refractivity contribution is 5.99. The zero-order valence-corrected chi connectivity index (χ0v) is 20.5. The molecule has 1 atom stereocenters. The second-order valence-electron chi connectivity index (χ2n) is 9.90. The van der Waals surface area contributed by atoms with Crippen molar-refractivity contribution in [2.75, 3.05) is 20.1 Å². The van der Waals surface area contributed by atoms with Crippen molar-refractivity contribution in [3.63, 3.8) is 0 Å². The summed E-state index contributed by atoms with van der Waals surface area (Å²) in [5.41, 5.74) is 4.06. The minimum absolute atomic E-state index is 0.0969. The summed E-state index contributed by atoms with van der Waals surface area (Å²) in [6, 6.07) is 16.3. The van der Waals surface area contributed by atoms with E-state index in [0.717, 1.165) is 48.1 Å². The molecule has 6 rings (SSSR count). The first-order valence-corrected chi connectivity index (χ1v) is 12.5. The van der Waals surface area contributed by atoms with Crippen LogP contribution in [0.5, 0.6) is 5.75 Å². The number of amides is 1. The molecule has 3 heterocycles. The summed E-state index contributed by atoms with van der Waals surface area (Å²) in [4.78, 5) is 25.7. The molecule has 2 aliphatic rings. The van der Waals surface area contributed by atoms with Crippen molar-refractivity contribution in [3.8, 4) is 17.6 Å². The van der Waals surface area contributed by atoms with Gasteiger partial charge in [-0.25, -0.2) is 9.37 Å². The number of hydrogen-bond donors (Lipinski definition) is 2. The van der Waals surface area contributed by atoms with E-state index in [-0.39, 0.29) is 17.2 Å². The van der Waals surface area contributed by atoms with Crippen molar-refractivity contribution in [3.05, 3.63) is 94.6 Å². The maximum absolute atomic E-state index is 14.3. The van der Waals surface area contributed by atoms with Crippen LogP contribution in [-0.4, -0.2) is 50.9 Å². The van der Waals surface area contributed by atoms with E-state index in [1.807, 2.05) is 42.5 Å². The highest BCUT2D eigenvalue weighted by Gasteiger charge is 2.37. The predicted octanol–water partition coefficient (Wildman–Crippen LogP) is 4.85. The molecule has 7 heteroatoms. The summed E-state index contributed by atoms with van der Waals surface area (Å²) in [5, 5.41) is 10.7. The lowest BCUT2D eigenvalue weighted by molar-refractivity contribution is 0.0723. The second kappa shape index (κ2) is 9.38. The molecule has 0 aliphatic carbocycles. The van der Waals surface area contributed by atoms with E-state index in [1.165, 1.54) is 18.2 Å². The molecular weight excluding hydrogens is 467 g/mol. The highest BCUT2D eigenvalue weighted by Crippen LogP contribution is 2.39. The van der Waals surface area contributed by atoms with Gasteiger partial charge in [-0.05, 0) is 81.0 Å². The first-order chi connectivity index (χ1) is 18.0. The monoisotopic (exact) mass is 494 g/mol. The fraction of sp³-hybridized carbons (Fsp3) is 0.267. The van der Waals surface area contributed by atoms with Gasteiger partial charge in [0.15, 0.2) is 0 Å². The average Bonchev–Trinajstić information content (AvgIpc) is 3.47. The van der Waals surface area contributed by atoms with Gasteiger partial charge >= 0.3 is 0 Å². The summed E-state index contributed by atoms with van der Waals surface area (Å²) >= 11 is 0. The highest BCUT2D eigenvalue weighted by atomic mass is 19.1. The number of likely N-dealkylation sites (tertiary alicyclic amines) is 1. The minimum atomic E-state index is -0.795. The van der Waals surface area contributed by atoms with Crippen LogP contribution in [0.1, 0.15) is 51.8 Å². The van der Waals surface area contributed by atoms with Gasteiger partial charge in [-0.3, -0.25) is 4.79 Å². The van der Waals surface area contributed by atoms with Gasteiger partial charge in [-0.15, -0.1) is 0 Å². The minimum Gasteiger partial charge on any atom is -0.508 e. The van der Waals surface area contributed by atoms with E-state index in [1.54, 1.807) is 4.90 Å². The summed E-state index contributed by atoms with van der Waals surface area (Å²) < 4.78 is 14.3. The van der Waals surface area contributed by atoms with E-state index in [2.05, 4.69) is 28.8 Å². The number of phenols is 1. The smallest absolute Gasteiger partial charge is 0.255 e. The van der Waals surface area contributed by atoms with Crippen LogP contribution < -0.4 is 0 Å². The Morgan fingerprint density at radius 3 is 2.73 bits per heavy atom. The van der Waals surface area contributed by atoms with Crippen molar-refractivity contribution in [2.24, 2.45) is 5.92 Å². The molecule has 0 spiro atoms. The SMILES string of the molecule is CN1CCC(C#Cc2ccc3c(c2)C(=O)N(C(c2nc4ccccc4[nH]2)c2cc(F)ccc2O)C3)CC1. The number of piperidine rings is 1. The molecule has 2 aliphatic heterocycles. The zero-order valence-electron chi connectivity index (χ0n) is 20.5. The standard InChI is InChI=1S/C30H27FN4O2/c1-34-14-12-19(13-15-34)6-7-20-8-9-21-18-35(30(37)23(21)16-20)28(24-17-22(31)10-11-27(24)36)29-32-25-4-2-3-5-26(25)33-29/h2-5,8-11,16-17,19,28,36H,12-15,18H2,1H3,(H,32,33). The summed E-state index contributed by atoms with van der Waals surface area (Å²) in [6.07, 6.45) is 2.11. The summed E-state index contributed by atoms with van der Waals surface area (Å²) in [6.45, 7) is 2.41. The number of carbonyl (C=O) groups excluding carboxylic acids is 1. The normalized spacial score (nSPS) is 17.0. The number of carbonyl (C=O) groups is 1. The van der Waals surface area contributed by atoms with Gasteiger partial charge in [-0.2, -0.15) is 0 Å². The Hall–Kier alpha value is -4.15. The number of phenolic OH excluding ortho intramolecular Hbond substituents is 1. The van der Waals surface area contributed by atoms with Crippen molar-refractivity contribution < 1.29 is 14.3 Å². The molecule has 0 saturated carbocycles. The zero-order chi connectivity index (χ0) is 25.5. The number of para-hydroxylation sites is 2. The van der Waals surface area contributed by atoms with Gasteiger partial charge in [0.2, 0.25) is 0 Å². The molecule has 1 fully saturated rings. The van der Waals surface area contributed by atoms with Crippen LogP contribution in [0.2, 0.25) is 0 Å². The largest absolute Gasteiger partial charge is 0.508 e. The molecule has 2 N–H and O–H groups in total. The quantitative estimate of drug-likeness (QED) is 0.400. The van der Waals surface area contributed by atoms with Crippen LogP contribution in [0.3, 0.4) is 0 Å². The van der Waals surface area contributed by atoms with Gasteiger partial charge in [0.05, 0.1) is 11.0 Å². The van der Waals surface area contributed by atoms with E-state index >= 15 is 0 Å². The molecular formula is C30H27FN4O2. The molecule has 0 bridgehead atoms. The van der Waals surface area contributed by atoms with E-state index in [9.17, 15) is 14.3 Å². The molecule has 0 radical (unpaired) electrons. The van der Waals surface area contributed by atoms with Crippen LogP contribution in [-0.2, 0) is 6.54 Å². The Kier molecular flexibility index (Phi) is 5.90. The van der Waals surface area contributed by atoms with Crippen molar-refractivity contribution >= 4 is 16.9 Å². The number of rotatable bonds is 3. The van der Waals surface area contributed by atoms with Crippen LogP contribution in [0, 0.1) is 23.6 Å². The van der Waals surface area contributed by atoms with Gasteiger partial charge in [0, 0.05) is 29.2 Å². The number of hydrogen-bond acceptors (Lipinski definition) is 4. The lowest BCUT2D eigenvalue weighted by Gasteiger charge is -2.27. The van der Waals surface area contributed by atoms with E-state index in [0.29, 0.717) is 23.9 Å². The number of nitrogens with one attached hydrogen (secondary N) is 1. The van der Waals surface area contributed by atoms with Crippen molar-refractivity contribution in [1.82, 2.24) is 19.8 Å². The average molecular weight is 495 g/mol. The maximum Gasteiger partial charge on any atom is 0.255 e. The summed E-state index contributed by atoms with van der Waals surface area (Å²) in [5.74, 6) is 6.70. The number of fused-ring (bicyclic) bond motifs is 2. The van der Waals surface area contributed by atoms with Gasteiger partial charge < -0.3 is 19.9 Å². The van der Waals surface area contributed by atoms with Gasteiger partial charge in [0.1, 0.15) is 23.4 Å². The van der Waals surface area contributed by atoms with Crippen molar-refractivity contribution in [2.45, 2.75) is 25.4 Å². The van der Waals surface area contributed by atoms with Crippen LogP contribution in [0.4, 0.5) is 4.39 Å². The fourth-order valence-corrected chi connectivity index (χ4v) is 5.26. The number of halogens is 1. The van der Waals surface area contributed by atoms with Crippen LogP contribution >= 0.6 is 0 Å². The number of nitrogens with zero attached hydrogens (tertiary/aromatic N) is 3. The Balaban J connectivity index is 1.36. The Labute approximate surface area is 214 Å². The molecule has 1 saturated heterocycles. The van der Waals surface area contributed by atoms with Gasteiger partial charge in [0.25, 0.3) is 5.91 Å². The third kappa shape index (κ3) is 4.45. The lowest BCUT2D eigenvalue weighted by Crippen LogP contribution is -2.31. The lowest BCUT2D eigenvalue weighted by atomic mass is 9.97. The number of aromatic amines is 1. The Bertz CT molecular complexity index is 1530. The molecule has 186 valence electrons. The number of aromatic nitrogens is 2. The third-order valence-corrected chi connectivity index (χ3v) is 7.34. The van der Waals surface area contributed by atoms with E-state index in [4.69, 9.17) is 4.98 Å². The summed E-state index contributed by atoms with van der Waals surface area (Å²) in [7, 11) is 2.13. The Morgan fingerprint density at radius 2 is 1.92 bits per heavy atom. The first kappa shape index (κ1) is 23.3. The van der Waals surface area contributed by atoms with Crippen molar-refractivity contribution in [1.29, 1.82) is 0 Å². The third-order valence-electron chi connectivity index (χ3n) is 7.34. The molecule has 37 heavy (non-hydrogen) atoms. The first-order valence-electron chi connectivity index (χ1n) is 12.5. The molecule has 6 nitrogen and oxygen atoms in total. The fourth-order valence-electron chi connectivity index (χ4n) is 5.26. The molecule has 1 unspecified atom stereocenters.